The highest BCUT2D eigenvalue weighted by Gasteiger charge is 2.29. The summed E-state index contributed by atoms with van der Waals surface area (Å²) in [6, 6.07) is 12.9. The molecule has 0 aliphatic heterocycles. The van der Waals surface area contributed by atoms with E-state index in [1.165, 1.54) is 29.0 Å². The Hall–Kier alpha value is -1.43. The maximum atomic E-state index is 6.31. The molecular formula is C29H47AlO2. The van der Waals surface area contributed by atoms with Crippen molar-refractivity contribution in [1.82, 2.24) is 0 Å². The number of para-hydroxylation sites is 2. The summed E-state index contributed by atoms with van der Waals surface area (Å²) in [7, 11) is 0. The number of hydrogen-bond acceptors (Lipinski definition) is 2. The van der Waals surface area contributed by atoms with E-state index in [-0.39, 0.29) is 41.9 Å². The molecule has 0 heterocycles. The Balaban J connectivity index is 0. The molecule has 2 aromatic rings. The van der Waals surface area contributed by atoms with Gasteiger partial charge in [-0.2, -0.15) is 0 Å². The second kappa shape index (κ2) is 9.82. The van der Waals surface area contributed by atoms with Crippen molar-refractivity contribution in [3.8, 4) is 11.5 Å². The lowest BCUT2D eigenvalue weighted by molar-refractivity contribution is 0.197. The van der Waals surface area contributed by atoms with Gasteiger partial charge in [-0.1, -0.05) is 119 Å². The van der Waals surface area contributed by atoms with Crippen LogP contribution in [0.4, 0.5) is 0 Å². The normalized spacial score (nSPS) is 12.9. The summed E-state index contributed by atoms with van der Waals surface area (Å²) in [4.78, 5) is 0. The zero-order valence-corrected chi connectivity index (χ0v) is 23.6. The monoisotopic (exact) mass is 454 g/mol. The molecule has 4 radical (unpaired) electrons. The van der Waals surface area contributed by atoms with Gasteiger partial charge in [-0.3, -0.25) is 0 Å². The Morgan fingerprint density at radius 2 is 0.719 bits per heavy atom. The van der Waals surface area contributed by atoms with E-state index in [4.69, 9.17) is 9.47 Å². The summed E-state index contributed by atoms with van der Waals surface area (Å²) < 4.78 is 12.6. The first kappa shape index (κ1) is 28.6. The number of hydrogen-bond donors (Lipinski definition) is 0. The first-order chi connectivity index (χ1) is 13.9. The molecule has 0 aromatic heterocycles. The van der Waals surface area contributed by atoms with Crippen LogP contribution in [0.3, 0.4) is 0 Å². The molecule has 0 amide bonds. The molecule has 32 heavy (non-hydrogen) atoms. The van der Waals surface area contributed by atoms with Gasteiger partial charge >= 0.3 is 6.79 Å². The Bertz CT molecular complexity index is 772. The highest BCUT2D eigenvalue weighted by atomic mass is 27.0. The van der Waals surface area contributed by atoms with E-state index >= 15 is 0 Å². The van der Waals surface area contributed by atoms with Gasteiger partial charge in [0, 0.05) is 20.2 Å². The van der Waals surface area contributed by atoms with Crippen LogP contribution in [0.2, 0.25) is 0 Å². The van der Waals surface area contributed by atoms with Crippen molar-refractivity contribution >= 4 is 17.4 Å². The molecule has 0 atom stereocenters. The maximum absolute atomic E-state index is 6.31. The topological polar surface area (TPSA) is 18.5 Å². The van der Waals surface area contributed by atoms with Crippen molar-refractivity contribution in [3.05, 3.63) is 65.4 Å². The van der Waals surface area contributed by atoms with Crippen LogP contribution < -0.4 is 9.47 Å². The van der Waals surface area contributed by atoms with E-state index < -0.39 is 0 Å². The minimum Gasteiger partial charge on any atom is -0.447 e. The van der Waals surface area contributed by atoms with Gasteiger partial charge in [0.2, 0.25) is 0 Å². The van der Waals surface area contributed by atoms with Gasteiger partial charge in [0.05, 0.1) is 0 Å². The molecular weight excluding hydrogens is 407 g/mol. The molecule has 3 heteroatoms. The van der Waals surface area contributed by atoms with Crippen LogP contribution in [0, 0.1) is 6.79 Å². The van der Waals surface area contributed by atoms with Crippen molar-refractivity contribution in [3.63, 3.8) is 0 Å². The van der Waals surface area contributed by atoms with E-state index in [1.54, 1.807) is 0 Å². The SMILES string of the molecule is CC(C)(C)c1cccc(C(C)(C)C)c1O[CH]Oc1c(C(C)(C)C)cccc1C(C)(C)C.[Al].[HH].[HH]. The molecule has 0 saturated carbocycles. The highest BCUT2D eigenvalue weighted by molar-refractivity contribution is 5.75. The lowest BCUT2D eigenvalue weighted by atomic mass is 9.79. The minimum absolute atomic E-state index is 0. The predicted molar refractivity (Wildman–Crippen MR) is 143 cm³/mol. The fraction of sp³-hybridized carbons (Fsp3) is 0.552. The molecule has 0 aliphatic carbocycles. The molecule has 178 valence electrons. The van der Waals surface area contributed by atoms with Crippen molar-refractivity contribution in [2.75, 3.05) is 0 Å². The van der Waals surface area contributed by atoms with Crippen LogP contribution in [-0.2, 0) is 21.7 Å². The molecule has 2 rings (SSSR count). The molecule has 0 spiro atoms. The van der Waals surface area contributed by atoms with Crippen LogP contribution in [0.1, 0.15) is 108 Å². The second-order valence-electron chi connectivity index (χ2n) is 12.7. The maximum Gasteiger partial charge on any atom is 0.316 e. The van der Waals surface area contributed by atoms with E-state index in [9.17, 15) is 0 Å². The number of benzene rings is 2. The van der Waals surface area contributed by atoms with Gasteiger partial charge < -0.3 is 9.47 Å². The Kier molecular flexibility index (Phi) is 8.78. The molecule has 0 fully saturated rings. The lowest BCUT2D eigenvalue weighted by Crippen LogP contribution is -2.21. The van der Waals surface area contributed by atoms with Crippen molar-refractivity contribution in [2.45, 2.75) is 105 Å². The molecule has 2 nitrogen and oxygen atoms in total. The number of ether oxygens (including phenoxy) is 2. The van der Waals surface area contributed by atoms with Crippen LogP contribution >= 0.6 is 0 Å². The third-order valence-corrected chi connectivity index (χ3v) is 5.59. The molecule has 0 aliphatic rings. The average Bonchev–Trinajstić information content (AvgIpc) is 2.58. The zero-order valence-electron chi connectivity index (χ0n) is 22.4. The third-order valence-electron chi connectivity index (χ3n) is 5.59. The van der Waals surface area contributed by atoms with E-state index in [1.807, 2.05) is 0 Å². The van der Waals surface area contributed by atoms with Gasteiger partial charge in [0.25, 0.3) is 0 Å². The Labute approximate surface area is 211 Å². The fourth-order valence-corrected chi connectivity index (χ4v) is 3.81. The highest BCUT2D eigenvalue weighted by Crippen LogP contribution is 2.42. The largest absolute Gasteiger partial charge is 0.447 e. The van der Waals surface area contributed by atoms with E-state index in [0.717, 1.165) is 11.5 Å². The van der Waals surface area contributed by atoms with Crippen molar-refractivity contribution < 1.29 is 12.3 Å². The summed E-state index contributed by atoms with van der Waals surface area (Å²) in [5.41, 5.74) is 4.57. The molecule has 0 saturated heterocycles. The van der Waals surface area contributed by atoms with Gasteiger partial charge in [0.1, 0.15) is 11.5 Å². The molecule has 0 bridgehead atoms. The average molecular weight is 455 g/mol. The third kappa shape index (κ3) is 6.79. The summed E-state index contributed by atoms with van der Waals surface area (Å²) in [6.45, 7) is 28.1. The molecule has 0 unspecified atom stereocenters. The van der Waals surface area contributed by atoms with Gasteiger partial charge in [-0.25, -0.2) is 0 Å². The van der Waals surface area contributed by atoms with E-state index in [0.29, 0.717) is 0 Å². The van der Waals surface area contributed by atoms with Crippen LogP contribution in [-0.4, -0.2) is 17.4 Å². The van der Waals surface area contributed by atoms with E-state index in [2.05, 4.69) is 119 Å². The lowest BCUT2D eigenvalue weighted by Gasteiger charge is -2.31. The van der Waals surface area contributed by atoms with Gasteiger partial charge in [-0.15, -0.1) is 0 Å². The number of rotatable bonds is 4. The van der Waals surface area contributed by atoms with Crippen LogP contribution in [0.15, 0.2) is 36.4 Å². The molecule has 2 aromatic carbocycles. The predicted octanol–water partition coefficient (Wildman–Crippen LogP) is 8.56. The van der Waals surface area contributed by atoms with Crippen molar-refractivity contribution in [2.24, 2.45) is 0 Å². The summed E-state index contributed by atoms with van der Waals surface area (Å²) >= 11 is 0. The fourth-order valence-electron chi connectivity index (χ4n) is 3.81. The quantitative estimate of drug-likeness (QED) is 0.431. The molecule has 0 N–H and O–H groups in total. The standard InChI is InChI=1S/C29H43O2.Al.2H2/c1-26(2,3)20-15-13-16-21(27(4,5)6)24(20)30-19-31-25-22(28(7,8)9)17-14-18-23(25)29(10,11)12;;;/h13-19H,1-12H3;;2*1H. The Morgan fingerprint density at radius 3 is 0.906 bits per heavy atom. The first-order valence-electron chi connectivity index (χ1n) is 11.4. The first-order valence-corrected chi connectivity index (χ1v) is 11.4. The smallest absolute Gasteiger partial charge is 0.316 e. The van der Waals surface area contributed by atoms with Crippen molar-refractivity contribution in [1.29, 1.82) is 0 Å². The van der Waals surface area contributed by atoms with Gasteiger partial charge in [0.15, 0.2) is 0 Å². The van der Waals surface area contributed by atoms with Crippen LogP contribution in [0.25, 0.3) is 0 Å². The second-order valence-corrected chi connectivity index (χ2v) is 12.7. The summed E-state index contributed by atoms with van der Waals surface area (Å²) in [5, 5.41) is 0. The van der Waals surface area contributed by atoms with Crippen LogP contribution in [0.5, 0.6) is 11.5 Å². The summed E-state index contributed by atoms with van der Waals surface area (Å²) in [5.74, 6) is 1.79. The minimum atomic E-state index is -0.0374. The summed E-state index contributed by atoms with van der Waals surface area (Å²) in [6.07, 6.45) is 0. The van der Waals surface area contributed by atoms with Gasteiger partial charge in [-0.05, 0) is 43.9 Å². The zero-order chi connectivity index (χ0) is 23.8. The Morgan fingerprint density at radius 1 is 0.500 bits per heavy atom.